The van der Waals surface area contributed by atoms with Crippen LogP contribution in [0.3, 0.4) is 0 Å². The first-order chi connectivity index (χ1) is 12.6. The molecule has 0 N–H and O–H groups in total. The molecule has 2 aromatic rings. The number of hydrogen-bond acceptors (Lipinski definition) is 4. The van der Waals surface area contributed by atoms with Gasteiger partial charge in [0.05, 0.1) is 16.9 Å². The van der Waals surface area contributed by atoms with Gasteiger partial charge in [-0.1, -0.05) is 39.8 Å². The molecule has 2 rings (SSSR count). The van der Waals surface area contributed by atoms with E-state index in [4.69, 9.17) is 4.98 Å². The van der Waals surface area contributed by atoms with Gasteiger partial charge in [-0.15, -0.1) is 0 Å². The Labute approximate surface area is 161 Å². The highest BCUT2D eigenvalue weighted by atomic mass is 16.2. The van der Waals surface area contributed by atoms with Crippen molar-refractivity contribution < 1.29 is 4.79 Å². The number of nitrogens with zero attached hydrogens (tertiary/aromatic N) is 4. The SMILES string of the molecule is CCC(c1nc2ccccc2c(=O)n1C)N(CCN(C)C)C(=O)C(C)(C)C. The van der Waals surface area contributed by atoms with Gasteiger partial charge in [-0.3, -0.25) is 14.2 Å². The number of rotatable bonds is 6. The zero-order chi connectivity index (χ0) is 20.4. The molecule has 6 nitrogen and oxygen atoms in total. The summed E-state index contributed by atoms with van der Waals surface area (Å²) in [6.45, 7) is 9.15. The van der Waals surface area contributed by atoms with Crippen LogP contribution in [0.15, 0.2) is 29.1 Å². The molecule has 0 aliphatic heterocycles. The Balaban J connectivity index is 2.59. The fourth-order valence-corrected chi connectivity index (χ4v) is 3.21. The predicted octanol–water partition coefficient (Wildman–Crippen LogP) is 2.82. The van der Waals surface area contributed by atoms with Crippen molar-refractivity contribution in [3.05, 3.63) is 40.4 Å². The molecule has 0 saturated carbocycles. The van der Waals surface area contributed by atoms with Crippen molar-refractivity contribution in [2.24, 2.45) is 12.5 Å². The summed E-state index contributed by atoms with van der Waals surface area (Å²) in [6.07, 6.45) is 0.688. The fraction of sp³-hybridized carbons (Fsp3) is 0.571. The van der Waals surface area contributed by atoms with Gasteiger partial charge in [-0.25, -0.2) is 4.98 Å². The van der Waals surface area contributed by atoms with Crippen LogP contribution in [-0.4, -0.2) is 52.4 Å². The lowest BCUT2D eigenvalue weighted by Gasteiger charge is -2.36. The van der Waals surface area contributed by atoms with E-state index in [1.54, 1.807) is 17.7 Å². The summed E-state index contributed by atoms with van der Waals surface area (Å²) in [5.74, 6) is 0.705. The summed E-state index contributed by atoms with van der Waals surface area (Å²) in [5, 5.41) is 0.598. The first kappa shape index (κ1) is 21.1. The second kappa shape index (κ2) is 8.21. The van der Waals surface area contributed by atoms with Gasteiger partial charge in [0.2, 0.25) is 5.91 Å². The third kappa shape index (κ3) is 4.56. The fourth-order valence-electron chi connectivity index (χ4n) is 3.21. The van der Waals surface area contributed by atoms with Gasteiger partial charge in [0.25, 0.3) is 5.56 Å². The van der Waals surface area contributed by atoms with Crippen LogP contribution in [0.5, 0.6) is 0 Å². The van der Waals surface area contributed by atoms with Crippen molar-refractivity contribution in [3.63, 3.8) is 0 Å². The Morgan fingerprint density at radius 2 is 1.81 bits per heavy atom. The van der Waals surface area contributed by atoms with Gasteiger partial charge in [-0.05, 0) is 32.6 Å². The topological polar surface area (TPSA) is 58.4 Å². The van der Waals surface area contributed by atoms with E-state index in [2.05, 4.69) is 4.90 Å². The Bertz CT molecular complexity index is 865. The van der Waals surface area contributed by atoms with Gasteiger partial charge in [0, 0.05) is 25.6 Å². The Hall–Kier alpha value is -2.21. The Morgan fingerprint density at radius 1 is 1.19 bits per heavy atom. The summed E-state index contributed by atoms with van der Waals surface area (Å²) in [7, 11) is 5.72. The molecular formula is C21H32N4O2. The monoisotopic (exact) mass is 372 g/mol. The number of benzene rings is 1. The summed E-state index contributed by atoms with van der Waals surface area (Å²) >= 11 is 0. The minimum Gasteiger partial charge on any atom is -0.331 e. The summed E-state index contributed by atoms with van der Waals surface area (Å²) in [5.41, 5.74) is 0.0877. The smallest absolute Gasteiger partial charge is 0.261 e. The minimum atomic E-state index is -0.505. The molecule has 1 atom stereocenters. The maximum Gasteiger partial charge on any atom is 0.261 e. The van der Waals surface area contributed by atoms with Gasteiger partial charge in [0.1, 0.15) is 5.82 Å². The molecule has 0 spiro atoms. The molecule has 148 valence electrons. The lowest BCUT2D eigenvalue weighted by atomic mass is 9.93. The van der Waals surface area contributed by atoms with Crippen LogP contribution in [0.4, 0.5) is 0 Å². The van der Waals surface area contributed by atoms with E-state index >= 15 is 0 Å². The van der Waals surface area contributed by atoms with Crippen LogP contribution in [0, 0.1) is 5.41 Å². The summed E-state index contributed by atoms with van der Waals surface area (Å²) in [6, 6.07) is 7.11. The molecule has 27 heavy (non-hydrogen) atoms. The predicted molar refractivity (Wildman–Crippen MR) is 110 cm³/mol. The number of likely N-dealkylation sites (N-methyl/N-ethyl adjacent to an activating group) is 1. The van der Waals surface area contributed by atoms with E-state index in [-0.39, 0.29) is 17.5 Å². The molecule has 0 aliphatic rings. The van der Waals surface area contributed by atoms with Crippen molar-refractivity contribution in [2.75, 3.05) is 27.2 Å². The van der Waals surface area contributed by atoms with Crippen molar-refractivity contribution in [1.82, 2.24) is 19.4 Å². The molecule has 1 amide bonds. The van der Waals surface area contributed by atoms with Gasteiger partial charge in [-0.2, -0.15) is 0 Å². The van der Waals surface area contributed by atoms with Crippen LogP contribution in [0.25, 0.3) is 10.9 Å². The van der Waals surface area contributed by atoms with E-state index in [0.717, 1.165) is 6.54 Å². The number of hydrogen-bond donors (Lipinski definition) is 0. The van der Waals surface area contributed by atoms with Crippen molar-refractivity contribution in [3.8, 4) is 0 Å². The minimum absolute atomic E-state index is 0.0682. The van der Waals surface area contributed by atoms with Crippen LogP contribution in [0.2, 0.25) is 0 Å². The highest BCUT2D eigenvalue weighted by Gasteiger charge is 2.33. The highest BCUT2D eigenvalue weighted by Crippen LogP contribution is 2.28. The number of aromatic nitrogens is 2. The molecular weight excluding hydrogens is 340 g/mol. The van der Waals surface area contributed by atoms with Crippen molar-refractivity contribution in [2.45, 2.75) is 40.2 Å². The standard InChI is InChI=1S/C21H32N4O2/c1-8-17(25(14-13-23(5)6)20(27)21(2,3)4)18-22-16-12-10-9-11-15(16)19(26)24(18)7/h9-12,17H,8,13-14H2,1-7H3. The third-order valence-electron chi connectivity index (χ3n) is 4.77. The molecule has 0 fully saturated rings. The molecule has 0 aliphatic carbocycles. The van der Waals surface area contributed by atoms with Crippen LogP contribution in [0.1, 0.15) is 46.0 Å². The van der Waals surface area contributed by atoms with E-state index in [0.29, 0.717) is 29.7 Å². The maximum absolute atomic E-state index is 13.2. The van der Waals surface area contributed by atoms with Gasteiger partial charge < -0.3 is 9.80 Å². The van der Waals surface area contributed by atoms with Crippen molar-refractivity contribution >= 4 is 16.8 Å². The van der Waals surface area contributed by atoms with E-state index in [9.17, 15) is 9.59 Å². The lowest BCUT2D eigenvalue weighted by Crippen LogP contribution is -2.46. The molecule has 0 bridgehead atoms. The van der Waals surface area contributed by atoms with Crippen LogP contribution in [-0.2, 0) is 11.8 Å². The second-order valence-corrected chi connectivity index (χ2v) is 8.33. The molecule has 1 aromatic heterocycles. The first-order valence-electron chi connectivity index (χ1n) is 9.49. The first-order valence-corrected chi connectivity index (χ1v) is 9.49. The van der Waals surface area contributed by atoms with Crippen molar-refractivity contribution in [1.29, 1.82) is 0 Å². The zero-order valence-electron chi connectivity index (χ0n) is 17.6. The van der Waals surface area contributed by atoms with E-state index < -0.39 is 5.41 Å². The summed E-state index contributed by atoms with van der Waals surface area (Å²) in [4.78, 5) is 34.8. The quantitative estimate of drug-likeness (QED) is 0.782. The Kier molecular flexibility index (Phi) is 6.42. The molecule has 0 radical (unpaired) electrons. The zero-order valence-corrected chi connectivity index (χ0v) is 17.6. The average Bonchev–Trinajstić information content (AvgIpc) is 2.60. The molecule has 1 heterocycles. The van der Waals surface area contributed by atoms with Crippen LogP contribution >= 0.6 is 0 Å². The number of para-hydroxylation sites is 1. The number of carbonyl (C=O) groups is 1. The van der Waals surface area contributed by atoms with Gasteiger partial charge >= 0.3 is 0 Å². The normalized spacial score (nSPS) is 13.2. The number of carbonyl (C=O) groups excluding carboxylic acids is 1. The summed E-state index contributed by atoms with van der Waals surface area (Å²) < 4.78 is 1.59. The average molecular weight is 373 g/mol. The molecule has 0 saturated heterocycles. The molecule has 1 aromatic carbocycles. The maximum atomic E-state index is 13.2. The number of fused-ring (bicyclic) bond motifs is 1. The highest BCUT2D eigenvalue weighted by molar-refractivity contribution is 5.82. The van der Waals surface area contributed by atoms with E-state index in [1.807, 2.05) is 64.9 Å². The van der Waals surface area contributed by atoms with Gasteiger partial charge in [0.15, 0.2) is 0 Å². The van der Waals surface area contributed by atoms with Crippen LogP contribution < -0.4 is 5.56 Å². The molecule has 1 unspecified atom stereocenters. The second-order valence-electron chi connectivity index (χ2n) is 8.33. The lowest BCUT2D eigenvalue weighted by molar-refractivity contribution is -0.142. The largest absolute Gasteiger partial charge is 0.331 e. The number of amides is 1. The Morgan fingerprint density at radius 3 is 2.37 bits per heavy atom. The van der Waals surface area contributed by atoms with E-state index in [1.165, 1.54) is 0 Å². The third-order valence-corrected chi connectivity index (χ3v) is 4.77. The molecule has 6 heteroatoms.